The Morgan fingerprint density at radius 3 is 2.66 bits per heavy atom. The lowest BCUT2D eigenvalue weighted by molar-refractivity contribution is -0.129. The van der Waals surface area contributed by atoms with Gasteiger partial charge in [-0.1, -0.05) is 35.5 Å². The van der Waals surface area contributed by atoms with Crippen LogP contribution >= 0.6 is 0 Å². The van der Waals surface area contributed by atoms with E-state index in [-0.39, 0.29) is 29.5 Å². The van der Waals surface area contributed by atoms with E-state index >= 15 is 0 Å². The lowest BCUT2D eigenvalue weighted by Crippen LogP contribution is -2.41. The van der Waals surface area contributed by atoms with Gasteiger partial charge in [-0.05, 0) is 29.5 Å². The summed E-state index contributed by atoms with van der Waals surface area (Å²) in [4.78, 5) is 42.0. The molecule has 4 rings (SSSR count). The summed E-state index contributed by atoms with van der Waals surface area (Å²) in [6, 6.07) is 11.6. The van der Waals surface area contributed by atoms with Crippen molar-refractivity contribution >= 4 is 11.8 Å². The maximum atomic E-state index is 13.4. The van der Waals surface area contributed by atoms with E-state index in [0.29, 0.717) is 38.2 Å². The summed E-state index contributed by atoms with van der Waals surface area (Å²) in [7, 11) is 1.65. The number of fused-ring (bicyclic) bond motifs is 1. The number of amides is 2. The van der Waals surface area contributed by atoms with Crippen molar-refractivity contribution in [3.8, 4) is 0 Å². The first-order valence-corrected chi connectivity index (χ1v) is 10.6. The third-order valence-corrected chi connectivity index (χ3v) is 5.85. The summed E-state index contributed by atoms with van der Waals surface area (Å²) in [5.41, 5.74) is 3.19. The molecule has 8 nitrogen and oxygen atoms in total. The molecule has 1 aliphatic rings. The van der Waals surface area contributed by atoms with Crippen molar-refractivity contribution in [2.75, 3.05) is 13.6 Å². The van der Waals surface area contributed by atoms with Crippen LogP contribution in [-0.4, -0.2) is 44.9 Å². The molecular weight excluding hydrogens is 408 g/mol. The fourth-order valence-corrected chi connectivity index (χ4v) is 4.09. The van der Waals surface area contributed by atoms with Gasteiger partial charge in [0.2, 0.25) is 5.91 Å². The third kappa shape index (κ3) is 4.49. The zero-order valence-corrected chi connectivity index (χ0v) is 18.3. The molecule has 0 fully saturated rings. The fourth-order valence-electron chi connectivity index (χ4n) is 4.09. The Bertz CT molecular complexity index is 1170. The molecule has 0 spiro atoms. The van der Waals surface area contributed by atoms with Gasteiger partial charge in [0.25, 0.3) is 11.5 Å². The van der Waals surface area contributed by atoms with Crippen molar-refractivity contribution in [3.05, 3.63) is 87.2 Å². The second-order valence-electron chi connectivity index (χ2n) is 8.08. The average molecular weight is 434 g/mol. The van der Waals surface area contributed by atoms with E-state index in [2.05, 4.69) is 5.16 Å². The first kappa shape index (κ1) is 21.5. The quantitative estimate of drug-likeness (QED) is 0.594. The highest BCUT2D eigenvalue weighted by Crippen LogP contribution is 2.22. The molecule has 166 valence electrons. The smallest absolute Gasteiger partial charge is 0.263 e. The molecule has 0 aliphatic carbocycles. The standard InChI is InChI=1S/C24H26N4O4/c1-17(29)27-12-9-21-19(14-27)15-28(11-8-18-6-4-3-5-7-18)24(31)22(21)23(30)26(2)16-20-10-13-32-25-20/h3-7,10,13,15H,8-9,11-12,14,16H2,1-2H3. The molecule has 2 amide bonds. The van der Waals surface area contributed by atoms with Crippen LogP contribution in [0.15, 0.2) is 58.2 Å². The number of carbonyl (C=O) groups excluding carboxylic acids is 2. The van der Waals surface area contributed by atoms with Crippen LogP contribution in [0.3, 0.4) is 0 Å². The zero-order chi connectivity index (χ0) is 22.7. The molecule has 0 N–H and O–H groups in total. The highest BCUT2D eigenvalue weighted by molar-refractivity contribution is 5.95. The first-order chi connectivity index (χ1) is 15.4. The number of pyridine rings is 1. The predicted molar refractivity (Wildman–Crippen MR) is 118 cm³/mol. The molecule has 0 saturated heterocycles. The third-order valence-electron chi connectivity index (χ3n) is 5.85. The Hall–Kier alpha value is -3.68. The van der Waals surface area contributed by atoms with Crippen molar-refractivity contribution in [2.24, 2.45) is 0 Å². The molecule has 3 aromatic rings. The van der Waals surface area contributed by atoms with Crippen molar-refractivity contribution in [1.82, 2.24) is 19.5 Å². The van der Waals surface area contributed by atoms with E-state index in [1.807, 2.05) is 36.5 Å². The van der Waals surface area contributed by atoms with Crippen LogP contribution in [0.25, 0.3) is 0 Å². The highest BCUT2D eigenvalue weighted by atomic mass is 16.5. The molecule has 8 heteroatoms. The van der Waals surface area contributed by atoms with Crippen LogP contribution in [-0.2, 0) is 37.3 Å². The van der Waals surface area contributed by atoms with E-state index in [9.17, 15) is 14.4 Å². The predicted octanol–water partition coefficient (Wildman–Crippen LogP) is 2.26. The monoisotopic (exact) mass is 434 g/mol. The van der Waals surface area contributed by atoms with E-state index < -0.39 is 0 Å². The normalized spacial score (nSPS) is 13.0. The molecule has 0 unspecified atom stereocenters. The summed E-state index contributed by atoms with van der Waals surface area (Å²) in [5, 5.41) is 3.86. The number of hydrogen-bond donors (Lipinski definition) is 0. The van der Waals surface area contributed by atoms with Gasteiger partial charge < -0.3 is 18.9 Å². The summed E-state index contributed by atoms with van der Waals surface area (Å²) < 4.78 is 6.45. The van der Waals surface area contributed by atoms with Crippen LogP contribution in [0.1, 0.15) is 39.7 Å². The van der Waals surface area contributed by atoms with Gasteiger partial charge in [-0.2, -0.15) is 0 Å². The number of nitrogens with zero attached hydrogens (tertiary/aromatic N) is 4. The molecule has 0 saturated carbocycles. The Labute approximate surface area is 186 Å². The van der Waals surface area contributed by atoms with Crippen LogP contribution in [0.4, 0.5) is 0 Å². The van der Waals surface area contributed by atoms with Crippen molar-refractivity contribution in [2.45, 2.75) is 39.4 Å². The molecule has 2 aromatic heterocycles. The van der Waals surface area contributed by atoms with Gasteiger partial charge in [-0.15, -0.1) is 0 Å². The number of aromatic nitrogens is 2. The fraction of sp³-hybridized carbons (Fsp3) is 0.333. The molecule has 0 atom stereocenters. The van der Waals surface area contributed by atoms with E-state index in [1.165, 1.54) is 18.1 Å². The van der Waals surface area contributed by atoms with Gasteiger partial charge in [0, 0.05) is 45.9 Å². The number of hydrogen-bond acceptors (Lipinski definition) is 5. The number of carbonyl (C=O) groups is 2. The summed E-state index contributed by atoms with van der Waals surface area (Å²) in [6.45, 7) is 3.10. The average Bonchev–Trinajstić information content (AvgIpc) is 3.30. The minimum Gasteiger partial charge on any atom is -0.364 e. The first-order valence-electron chi connectivity index (χ1n) is 10.6. The van der Waals surface area contributed by atoms with Gasteiger partial charge in [-0.3, -0.25) is 14.4 Å². The molecular formula is C24H26N4O4. The lowest BCUT2D eigenvalue weighted by Gasteiger charge is -2.30. The summed E-state index contributed by atoms with van der Waals surface area (Å²) in [5.74, 6) is -0.367. The zero-order valence-electron chi connectivity index (χ0n) is 18.3. The molecule has 0 bridgehead atoms. The maximum Gasteiger partial charge on any atom is 0.263 e. The van der Waals surface area contributed by atoms with Crippen molar-refractivity contribution in [3.63, 3.8) is 0 Å². The maximum absolute atomic E-state index is 13.4. The second kappa shape index (κ2) is 9.21. The van der Waals surface area contributed by atoms with E-state index in [4.69, 9.17) is 4.52 Å². The number of aryl methyl sites for hydroxylation is 2. The molecule has 1 aliphatic heterocycles. The van der Waals surface area contributed by atoms with Gasteiger partial charge in [-0.25, -0.2) is 0 Å². The topological polar surface area (TPSA) is 88.7 Å². The summed E-state index contributed by atoms with van der Waals surface area (Å²) in [6.07, 6.45) is 4.40. The molecule has 32 heavy (non-hydrogen) atoms. The van der Waals surface area contributed by atoms with E-state index in [0.717, 1.165) is 16.7 Å². The summed E-state index contributed by atoms with van der Waals surface area (Å²) >= 11 is 0. The number of rotatable bonds is 6. The Morgan fingerprint density at radius 1 is 1.19 bits per heavy atom. The van der Waals surface area contributed by atoms with Gasteiger partial charge >= 0.3 is 0 Å². The minimum atomic E-state index is -0.348. The van der Waals surface area contributed by atoms with Gasteiger partial charge in [0.1, 0.15) is 17.5 Å². The van der Waals surface area contributed by atoms with Crippen LogP contribution in [0, 0.1) is 0 Å². The lowest BCUT2D eigenvalue weighted by atomic mass is 9.95. The second-order valence-corrected chi connectivity index (χ2v) is 8.08. The Morgan fingerprint density at radius 2 is 1.97 bits per heavy atom. The van der Waals surface area contributed by atoms with Crippen LogP contribution in [0.2, 0.25) is 0 Å². The van der Waals surface area contributed by atoms with Crippen molar-refractivity contribution in [1.29, 1.82) is 0 Å². The minimum absolute atomic E-state index is 0.0197. The van der Waals surface area contributed by atoms with Crippen LogP contribution in [0.5, 0.6) is 0 Å². The van der Waals surface area contributed by atoms with Crippen molar-refractivity contribution < 1.29 is 14.1 Å². The van der Waals surface area contributed by atoms with Crippen LogP contribution < -0.4 is 5.56 Å². The number of benzene rings is 1. The highest BCUT2D eigenvalue weighted by Gasteiger charge is 2.28. The SMILES string of the molecule is CC(=O)N1CCc2c(cn(CCc3ccccc3)c(=O)c2C(=O)N(C)Cc2ccon2)C1. The van der Waals surface area contributed by atoms with E-state index in [1.54, 1.807) is 22.6 Å². The molecule has 0 radical (unpaired) electrons. The van der Waals surface area contributed by atoms with Gasteiger partial charge in [0.05, 0.1) is 6.54 Å². The Kier molecular flexibility index (Phi) is 6.20. The molecule has 3 heterocycles. The largest absolute Gasteiger partial charge is 0.364 e. The van der Waals surface area contributed by atoms with Gasteiger partial charge in [0.15, 0.2) is 0 Å². The Balaban J connectivity index is 1.70. The molecule has 1 aromatic carbocycles.